The lowest BCUT2D eigenvalue weighted by molar-refractivity contribution is -0.118. The van der Waals surface area contributed by atoms with Gasteiger partial charge in [-0.05, 0) is 29.7 Å². The van der Waals surface area contributed by atoms with Crippen LogP contribution in [0, 0.1) is 0 Å². The van der Waals surface area contributed by atoms with Gasteiger partial charge in [-0.2, -0.15) is 0 Å². The molecule has 0 saturated heterocycles. The van der Waals surface area contributed by atoms with E-state index in [2.05, 4.69) is 10.6 Å². The number of nitrogens with zero attached hydrogens (tertiary/aromatic N) is 1. The number of nitrogens with one attached hydrogen (secondary N) is 2. The molecule has 0 atom stereocenters. The van der Waals surface area contributed by atoms with Crippen LogP contribution in [0.15, 0.2) is 65.6 Å². The van der Waals surface area contributed by atoms with E-state index in [4.69, 9.17) is 5.73 Å². The summed E-state index contributed by atoms with van der Waals surface area (Å²) < 4.78 is 27.2. The minimum Gasteiger partial charge on any atom is -0.370 e. The van der Waals surface area contributed by atoms with E-state index >= 15 is 0 Å². The van der Waals surface area contributed by atoms with Gasteiger partial charge in [0.2, 0.25) is 11.8 Å². The lowest BCUT2D eigenvalue weighted by Gasteiger charge is -2.19. The summed E-state index contributed by atoms with van der Waals surface area (Å²) in [6, 6.07) is 16.5. The molecule has 3 aromatic carbocycles. The quantitative estimate of drug-likeness (QED) is 0.500. The molecule has 10 heteroatoms. The predicted molar refractivity (Wildman–Crippen MR) is 120 cm³/mol. The summed E-state index contributed by atoms with van der Waals surface area (Å²) in [6.45, 7) is -0.390. The minimum absolute atomic E-state index is 0.0147. The smallest absolute Gasteiger partial charge is 0.265 e. The van der Waals surface area contributed by atoms with Crippen molar-refractivity contribution in [2.45, 2.75) is 11.3 Å². The number of hydrogen-bond acceptors (Lipinski definition) is 5. The Hall–Kier alpha value is -3.92. The summed E-state index contributed by atoms with van der Waals surface area (Å²) >= 11 is 0. The average Bonchev–Trinajstić information content (AvgIpc) is 2.97. The van der Waals surface area contributed by atoms with Gasteiger partial charge in [-0.1, -0.05) is 36.4 Å². The second-order valence-electron chi connectivity index (χ2n) is 7.21. The van der Waals surface area contributed by atoms with E-state index in [-0.39, 0.29) is 29.1 Å². The van der Waals surface area contributed by atoms with E-state index < -0.39 is 34.3 Å². The largest absolute Gasteiger partial charge is 0.370 e. The molecule has 0 unspecified atom stereocenters. The van der Waals surface area contributed by atoms with Gasteiger partial charge in [0.05, 0.1) is 21.8 Å². The Labute approximate surface area is 184 Å². The number of benzene rings is 3. The van der Waals surface area contributed by atoms with Gasteiger partial charge in [0.25, 0.3) is 15.9 Å². The van der Waals surface area contributed by atoms with E-state index in [0.717, 1.165) is 9.69 Å². The Morgan fingerprint density at radius 2 is 1.66 bits per heavy atom. The van der Waals surface area contributed by atoms with Gasteiger partial charge in [0, 0.05) is 18.4 Å². The second-order valence-corrected chi connectivity index (χ2v) is 9.04. The molecule has 164 valence electrons. The van der Waals surface area contributed by atoms with Crippen molar-refractivity contribution in [3.63, 3.8) is 0 Å². The number of rotatable bonds is 7. The molecule has 3 aromatic rings. The van der Waals surface area contributed by atoms with Crippen LogP contribution in [0.4, 0.5) is 11.4 Å². The highest BCUT2D eigenvalue weighted by Crippen LogP contribution is 2.41. The van der Waals surface area contributed by atoms with Crippen LogP contribution in [0.2, 0.25) is 0 Å². The normalized spacial score (nSPS) is 13.7. The lowest BCUT2D eigenvalue weighted by atomic mass is 10.1. The zero-order valence-electron chi connectivity index (χ0n) is 16.9. The molecular weight excluding hydrogens is 432 g/mol. The fourth-order valence-electron chi connectivity index (χ4n) is 3.63. The van der Waals surface area contributed by atoms with Gasteiger partial charge in [0.1, 0.15) is 6.54 Å². The Morgan fingerprint density at radius 1 is 0.938 bits per heavy atom. The molecule has 9 nitrogen and oxygen atoms in total. The first-order valence-electron chi connectivity index (χ1n) is 9.79. The van der Waals surface area contributed by atoms with E-state index in [1.54, 1.807) is 30.3 Å². The van der Waals surface area contributed by atoms with Crippen LogP contribution in [0.1, 0.15) is 16.8 Å². The number of amides is 3. The molecule has 32 heavy (non-hydrogen) atoms. The summed E-state index contributed by atoms with van der Waals surface area (Å²) in [7, 11) is -3.88. The first-order valence-corrected chi connectivity index (χ1v) is 11.2. The van der Waals surface area contributed by atoms with Crippen LogP contribution < -0.4 is 20.7 Å². The van der Waals surface area contributed by atoms with Crippen molar-refractivity contribution in [1.82, 2.24) is 5.32 Å². The SMILES string of the molecule is NC(=O)CCNC(=O)c1ccccc1NC(=O)CN1c2cccc3cccc(c23)S1(=O)=O. The standard InChI is InChI=1S/C22H20N4O5S/c23-19(27)11-12-24-22(29)15-7-1-2-8-16(15)25-20(28)13-26-17-9-3-5-14-6-4-10-18(21(14)17)32(26,30)31/h1-10H,11-13H2,(H2,23,27)(H,24,29)(H,25,28). The Morgan fingerprint density at radius 3 is 2.41 bits per heavy atom. The maximum absolute atomic E-state index is 13.0. The molecule has 3 amide bonds. The molecule has 0 spiro atoms. The van der Waals surface area contributed by atoms with Crippen LogP contribution in [-0.4, -0.2) is 39.2 Å². The van der Waals surface area contributed by atoms with Crippen molar-refractivity contribution in [2.75, 3.05) is 22.7 Å². The monoisotopic (exact) mass is 452 g/mol. The van der Waals surface area contributed by atoms with E-state index in [9.17, 15) is 22.8 Å². The third kappa shape index (κ3) is 3.87. The van der Waals surface area contributed by atoms with Crippen molar-refractivity contribution >= 4 is 49.9 Å². The van der Waals surface area contributed by atoms with Crippen molar-refractivity contribution < 1.29 is 22.8 Å². The lowest BCUT2D eigenvalue weighted by Crippen LogP contribution is -2.36. The molecule has 0 aromatic heterocycles. The molecule has 1 aliphatic rings. The molecule has 1 aliphatic heterocycles. The summed E-state index contributed by atoms with van der Waals surface area (Å²) in [5, 5.41) is 6.52. The number of sulfonamides is 1. The third-order valence-corrected chi connectivity index (χ3v) is 6.87. The van der Waals surface area contributed by atoms with Gasteiger partial charge < -0.3 is 16.4 Å². The third-order valence-electron chi connectivity index (χ3n) is 5.07. The maximum Gasteiger partial charge on any atom is 0.265 e. The van der Waals surface area contributed by atoms with Crippen LogP contribution >= 0.6 is 0 Å². The van der Waals surface area contributed by atoms with Gasteiger partial charge in [0.15, 0.2) is 0 Å². The maximum atomic E-state index is 13.0. The zero-order valence-corrected chi connectivity index (χ0v) is 17.7. The van der Waals surface area contributed by atoms with Crippen molar-refractivity contribution in [3.8, 4) is 0 Å². The molecule has 0 fully saturated rings. The van der Waals surface area contributed by atoms with Crippen LogP contribution in [-0.2, 0) is 19.6 Å². The average molecular weight is 452 g/mol. The van der Waals surface area contributed by atoms with E-state index in [1.165, 1.54) is 18.2 Å². The van der Waals surface area contributed by atoms with Crippen LogP contribution in [0.25, 0.3) is 10.8 Å². The summed E-state index contributed by atoms with van der Waals surface area (Å²) in [5.74, 6) is -1.64. The molecule has 0 aliphatic carbocycles. The highest BCUT2D eigenvalue weighted by atomic mass is 32.2. The van der Waals surface area contributed by atoms with Crippen molar-refractivity contribution in [2.24, 2.45) is 5.73 Å². The summed E-state index contributed by atoms with van der Waals surface area (Å²) in [4.78, 5) is 36.2. The van der Waals surface area contributed by atoms with Crippen molar-refractivity contribution in [1.29, 1.82) is 0 Å². The van der Waals surface area contributed by atoms with Gasteiger partial charge in [-0.25, -0.2) is 8.42 Å². The molecule has 1 heterocycles. The molecule has 4 N–H and O–H groups in total. The highest BCUT2D eigenvalue weighted by Gasteiger charge is 2.36. The molecule has 4 rings (SSSR count). The van der Waals surface area contributed by atoms with Gasteiger partial charge in [-0.15, -0.1) is 0 Å². The fraction of sp³-hybridized carbons (Fsp3) is 0.136. The van der Waals surface area contributed by atoms with Crippen LogP contribution in [0.3, 0.4) is 0 Å². The second kappa shape index (κ2) is 8.31. The Bertz CT molecular complexity index is 1350. The van der Waals surface area contributed by atoms with Crippen LogP contribution in [0.5, 0.6) is 0 Å². The van der Waals surface area contributed by atoms with Gasteiger partial charge >= 0.3 is 0 Å². The number of carbonyl (C=O) groups excluding carboxylic acids is 3. The van der Waals surface area contributed by atoms with E-state index in [1.807, 2.05) is 12.1 Å². The molecular formula is C22H20N4O5S. The topological polar surface area (TPSA) is 139 Å². The first-order chi connectivity index (χ1) is 15.3. The minimum atomic E-state index is -3.88. The van der Waals surface area contributed by atoms with Gasteiger partial charge in [-0.3, -0.25) is 18.7 Å². The number of nitrogens with two attached hydrogens (primary N) is 1. The zero-order chi connectivity index (χ0) is 22.9. The van der Waals surface area contributed by atoms with Crippen molar-refractivity contribution in [3.05, 3.63) is 66.2 Å². The number of primary amides is 1. The number of para-hydroxylation sites is 1. The number of hydrogen-bond donors (Lipinski definition) is 3. The molecule has 0 radical (unpaired) electrons. The molecule has 0 saturated carbocycles. The molecule has 0 bridgehead atoms. The number of carbonyl (C=O) groups is 3. The predicted octanol–water partition coefficient (Wildman–Crippen LogP) is 1.59. The highest BCUT2D eigenvalue weighted by molar-refractivity contribution is 7.93. The number of anilines is 2. The summed E-state index contributed by atoms with van der Waals surface area (Å²) in [5.41, 5.74) is 5.91. The first kappa shape index (κ1) is 21.3. The fourth-order valence-corrected chi connectivity index (χ4v) is 5.30. The Balaban J connectivity index is 1.54. The Kier molecular flexibility index (Phi) is 5.54. The van der Waals surface area contributed by atoms with E-state index in [0.29, 0.717) is 11.1 Å². The summed E-state index contributed by atoms with van der Waals surface area (Å²) in [6.07, 6.45) is -0.0147.